The third-order valence-electron chi connectivity index (χ3n) is 4.42. The molecule has 1 saturated heterocycles. The van der Waals surface area contributed by atoms with E-state index in [2.05, 4.69) is 9.71 Å². The molecule has 1 N–H and O–H groups in total. The van der Waals surface area contributed by atoms with E-state index in [1.807, 2.05) is 6.07 Å². The van der Waals surface area contributed by atoms with Crippen LogP contribution in [0.2, 0.25) is 0 Å². The summed E-state index contributed by atoms with van der Waals surface area (Å²) in [4.78, 5) is 26.7. The molecule has 2 amide bonds. The second kappa shape index (κ2) is 10.6. The van der Waals surface area contributed by atoms with Crippen LogP contribution in [0.25, 0.3) is 0 Å². The Morgan fingerprint density at radius 2 is 1.77 bits per heavy atom. The lowest BCUT2D eigenvalue weighted by Crippen LogP contribution is -2.35. The Labute approximate surface area is 185 Å². The molecule has 8 nitrogen and oxygen atoms in total. The van der Waals surface area contributed by atoms with E-state index in [4.69, 9.17) is 4.74 Å². The number of hydrogen-bond donors (Lipinski definition) is 1. The molecule has 1 aliphatic rings. The average molecular weight is 462 g/mol. The number of hydrogen-bond acceptors (Lipinski definition) is 6. The number of rotatable bonds is 9. The van der Waals surface area contributed by atoms with E-state index < -0.39 is 15.3 Å². The van der Waals surface area contributed by atoms with Crippen LogP contribution in [0.3, 0.4) is 0 Å². The van der Waals surface area contributed by atoms with Gasteiger partial charge in [0.25, 0.3) is 10.0 Å². The number of sulfonamides is 1. The van der Waals surface area contributed by atoms with Crippen molar-refractivity contribution in [3.05, 3.63) is 60.7 Å². The zero-order chi connectivity index (χ0) is 22.3. The topological polar surface area (TPSA) is 105 Å². The molecule has 0 aliphatic carbocycles. The molecule has 164 valence electrons. The highest BCUT2D eigenvalue weighted by atomic mass is 32.2. The van der Waals surface area contributed by atoms with Crippen LogP contribution in [0, 0.1) is 0 Å². The molecule has 0 saturated carbocycles. The normalized spacial score (nSPS) is 17.8. The molecular weight excluding hydrogens is 438 g/mol. The number of amides is 2. The van der Waals surface area contributed by atoms with Gasteiger partial charge in [-0.05, 0) is 30.7 Å². The lowest BCUT2D eigenvalue weighted by molar-refractivity contribution is -0.128. The molecule has 0 bridgehead atoms. The Kier molecular flexibility index (Phi) is 7.83. The fourth-order valence-electron chi connectivity index (χ4n) is 2.93. The van der Waals surface area contributed by atoms with Gasteiger partial charge >= 0.3 is 0 Å². The molecule has 1 heterocycles. The summed E-state index contributed by atoms with van der Waals surface area (Å²) in [5.74, 6) is -0.674. The minimum absolute atomic E-state index is 0.0395. The van der Waals surface area contributed by atoms with Crippen LogP contribution in [-0.4, -0.2) is 55.8 Å². The molecule has 2 aromatic carbocycles. The maximum atomic E-state index is 12.9. The molecule has 0 aromatic heterocycles. The first-order chi connectivity index (χ1) is 14.9. The number of nitrogens with zero attached hydrogens (tertiary/aromatic N) is 2. The van der Waals surface area contributed by atoms with E-state index in [1.165, 1.54) is 17.0 Å². The maximum absolute atomic E-state index is 12.9. The van der Waals surface area contributed by atoms with E-state index in [-0.39, 0.29) is 34.8 Å². The molecular formula is C21H23N3O5S2. The van der Waals surface area contributed by atoms with Crippen LogP contribution < -0.4 is 5.32 Å². The Hall–Kier alpha value is -2.69. The largest absolute Gasteiger partial charge is 0.385 e. The summed E-state index contributed by atoms with van der Waals surface area (Å²) in [5, 5.41) is 2.06. The van der Waals surface area contributed by atoms with Crippen molar-refractivity contribution in [3.63, 3.8) is 0 Å². The molecule has 0 unspecified atom stereocenters. The molecule has 3 rings (SSSR count). The highest BCUT2D eigenvalue weighted by Crippen LogP contribution is 2.31. The number of methoxy groups -OCH3 is 1. The van der Waals surface area contributed by atoms with Crippen molar-refractivity contribution >= 4 is 44.5 Å². The fraction of sp³-hybridized carbons (Fsp3) is 0.286. The van der Waals surface area contributed by atoms with Gasteiger partial charge < -0.3 is 10.1 Å². The number of ether oxygens (including phenoxy) is 1. The zero-order valence-corrected chi connectivity index (χ0v) is 18.6. The fourth-order valence-corrected chi connectivity index (χ4v) is 5.33. The average Bonchev–Trinajstić information content (AvgIpc) is 3.03. The monoisotopic (exact) mass is 461 g/mol. The van der Waals surface area contributed by atoms with Gasteiger partial charge in [0, 0.05) is 32.4 Å². The Morgan fingerprint density at radius 1 is 1.13 bits per heavy atom. The van der Waals surface area contributed by atoms with Gasteiger partial charge in [-0.1, -0.05) is 48.2 Å². The van der Waals surface area contributed by atoms with Crippen LogP contribution in [0.15, 0.2) is 70.0 Å². The van der Waals surface area contributed by atoms with E-state index in [0.29, 0.717) is 18.7 Å². The molecule has 10 heteroatoms. The second-order valence-corrected chi connectivity index (χ2v) is 9.50. The predicted molar refractivity (Wildman–Crippen MR) is 120 cm³/mol. The number of nitrogens with one attached hydrogen (secondary N) is 1. The summed E-state index contributed by atoms with van der Waals surface area (Å²) in [6.45, 7) is 0.659. The van der Waals surface area contributed by atoms with Crippen LogP contribution in [0.1, 0.15) is 12.8 Å². The minimum Gasteiger partial charge on any atom is -0.385 e. The lowest BCUT2D eigenvalue weighted by atomic mass is 10.2. The summed E-state index contributed by atoms with van der Waals surface area (Å²) in [5.41, 5.74) is 0.625. The summed E-state index contributed by atoms with van der Waals surface area (Å²) in [6.07, 6.45) is 0.416. The number of anilines is 1. The third kappa shape index (κ3) is 6.16. The van der Waals surface area contributed by atoms with Crippen LogP contribution in [-0.2, 0) is 24.3 Å². The van der Waals surface area contributed by atoms with Crippen molar-refractivity contribution in [1.29, 1.82) is 0 Å². The summed E-state index contributed by atoms with van der Waals surface area (Å²) in [6, 6.07) is 16.7. The summed E-state index contributed by atoms with van der Waals surface area (Å²) in [7, 11) is -2.44. The first kappa shape index (κ1) is 23.0. The van der Waals surface area contributed by atoms with Crippen molar-refractivity contribution in [2.45, 2.75) is 23.0 Å². The minimum atomic E-state index is -3.99. The van der Waals surface area contributed by atoms with Crippen molar-refractivity contribution in [2.75, 3.05) is 25.6 Å². The quantitative estimate of drug-likeness (QED) is 0.576. The number of carbonyl (C=O) groups excluding carboxylic acids is 2. The second-order valence-electron chi connectivity index (χ2n) is 6.72. The van der Waals surface area contributed by atoms with Gasteiger partial charge in [0.05, 0.1) is 4.90 Å². The smallest absolute Gasteiger partial charge is 0.284 e. The van der Waals surface area contributed by atoms with Gasteiger partial charge in [-0.2, -0.15) is 8.42 Å². The van der Waals surface area contributed by atoms with Crippen LogP contribution in [0.4, 0.5) is 5.69 Å². The lowest BCUT2D eigenvalue weighted by Gasteiger charge is -2.16. The van der Waals surface area contributed by atoms with E-state index in [0.717, 1.165) is 11.8 Å². The van der Waals surface area contributed by atoms with Crippen molar-refractivity contribution in [2.24, 2.45) is 4.40 Å². The molecule has 0 radical (unpaired) electrons. The Bertz CT molecular complexity index is 1040. The zero-order valence-electron chi connectivity index (χ0n) is 16.9. The van der Waals surface area contributed by atoms with Gasteiger partial charge in [-0.15, -0.1) is 4.40 Å². The highest BCUT2D eigenvalue weighted by Gasteiger charge is 2.40. The van der Waals surface area contributed by atoms with Gasteiger partial charge in [0.1, 0.15) is 5.25 Å². The van der Waals surface area contributed by atoms with E-state index >= 15 is 0 Å². The Morgan fingerprint density at radius 3 is 2.42 bits per heavy atom. The van der Waals surface area contributed by atoms with Crippen molar-refractivity contribution < 1.29 is 22.7 Å². The Balaban J connectivity index is 1.78. The summed E-state index contributed by atoms with van der Waals surface area (Å²) >= 11 is 0.991. The first-order valence-electron chi connectivity index (χ1n) is 9.62. The third-order valence-corrected chi connectivity index (χ3v) is 6.99. The standard InChI is InChI=1S/C21H23N3O5S2/c1-29-14-8-13-24-20(26)18(15-19(25)22-16-9-4-2-5-10-16)30-21(24)23-31(27,28)17-11-6-3-7-12-17/h2-7,9-12,18H,8,13-15H2,1H3,(H,22,25)/t18-/m1/s1. The van der Waals surface area contributed by atoms with Crippen LogP contribution >= 0.6 is 11.8 Å². The van der Waals surface area contributed by atoms with Crippen molar-refractivity contribution in [1.82, 2.24) is 4.90 Å². The van der Waals surface area contributed by atoms with E-state index in [9.17, 15) is 18.0 Å². The molecule has 0 spiro atoms. The number of para-hydroxylation sites is 1. The SMILES string of the molecule is COCCCN1C(=O)[C@@H](CC(=O)Nc2ccccc2)SC1=NS(=O)(=O)c1ccccc1. The molecule has 1 aliphatic heterocycles. The number of carbonyl (C=O) groups is 2. The maximum Gasteiger partial charge on any atom is 0.284 e. The molecule has 31 heavy (non-hydrogen) atoms. The molecule has 1 fully saturated rings. The van der Waals surface area contributed by atoms with Gasteiger partial charge in [-0.25, -0.2) is 0 Å². The molecule has 2 aromatic rings. The number of thioether (sulfide) groups is 1. The molecule has 1 atom stereocenters. The van der Waals surface area contributed by atoms with Crippen molar-refractivity contribution in [3.8, 4) is 0 Å². The van der Waals surface area contributed by atoms with Gasteiger partial charge in [0.2, 0.25) is 11.8 Å². The number of amidine groups is 1. The van der Waals surface area contributed by atoms with Gasteiger partial charge in [-0.3, -0.25) is 14.5 Å². The highest BCUT2D eigenvalue weighted by molar-refractivity contribution is 8.16. The summed E-state index contributed by atoms with van der Waals surface area (Å²) < 4.78 is 34.3. The van der Waals surface area contributed by atoms with E-state index in [1.54, 1.807) is 49.6 Å². The number of benzene rings is 2. The van der Waals surface area contributed by atoms with Gasteiger partial charge in [0.15, 0.2) is 5.17 Å². The first-order valence-corrected chi connectivity index (χ1v) is 11.9. The van der Waals surface area contributed by atoms with Crippen LogP contribution in [0.5, 0.6) is 0 Å². The predicted octanol–water partition coefficient (Wildman–Crippen LogP) is 2.74.